The lowest BCUT2D eigenvalue weighted by Crippen LogP contribution is -2.21. The van der Waals surface area contributed by atoms with Crippen LogP contribution in [0.5, 0.6) is 0 Å². The third-order valence-electron chi connectivity index (χ3n) is 4.00. The summed E-state index contributed by atoms with van der Waals surface area (Å²) in [6, 6.07) is 10.4. The number of rotatable bonds is 6. The van der Waals surface area contributed by atoms with E-state index in [0.29, 0.717) is 11.3 Å². The topological polar surface area (TPSA) is 97.6 Å². The average Bonchev–Trinajstić information content (AvgIpc) is 3.25. The first-order valence-corrected chi connectivity index (χ1v) is 8.71. The van der Waals surface area contributed by atoms with Crippen LogP contribution in [0, 0.1) is 18.6 Å². The summed E-state index contributed by atoms with van der Waals surface area (Å²) in [7, 11) is 0. The summed E-state index contributed by atoms with van der Waals surface area (Å²) in [5.74, 6) is -4.07. The highest BCUT2D eigenvalue weighted by molar-refractivity contribution is 6.03. The monoisotopic (exact) mass is 414 g/mol. The molecular formula is C21H16F2N2O5. The van der Waals surface area contributed by atoms with Crippen LogP contribution < -0.4 is 10.6 Å². The number of ether oxygens (including phenoxy) is 1. The Bertz CT molecular complexity index is 1100. The fourth-order valence-corrected chi connectivity index (χ4v) is 2.46. The van der Waals surface area contributed by atoms with Crippen LogP contribution in [0.2, 0.25) is 0 Å². The van der Waals surface area contributed by atoms with Gasteiger partial charge in [0.2, 0.25) is 0 Å². The number of nitrogens with one attached hydrogen (secondary N) is 2. The smallest absolute Gasteiger partial charge is 0.338 e. The van der Waals surface area contributed by atoms with Crippen LogP contribution in [0.1, 0.15) is 26.5 Å². The van der Waals surface area contributed by atoms with E-state index in [2.05, 4.69) is 10.6 Å². The maximum absolute atomic E-state index is 13.2. The van der Waals surface area contributed by atoms with Gasteiger partial charge in [0, 0.05) is 17.4 Å². The van der Waals surface area contributed by atoms with Crippen molar-refractivity contribution in [3.05, 3.63) is 83.3 Å². The summed E-state index contributed by atoms with van der Waals surface area (Å²) in [6.45, 7) is 1.10. The molecule has 0 aliphatic carbocycles. The van der Waals surface area contributed by atoms with E-state index in [9.17, 15) is 23.2 Å². The van der Waals surface area contributed by atoms with Crippen molar-refractivity contribution in [2.45, 2.75) is 6.92 Å². The number of esters is 1. The molecule has 2 N–H and O–H groups in total. The lowest BCUT2D eigenvalue weighted by atomic mass is 10.1. The van der Waals surface area contributed by atoms with Crippen molar-refractivity contribution in [1.29, 1.82) is 0 Å². The van der Waals surface area contributed by atoms with Crippen molar-refractivity contribution in [1.82, 2.24) is 0 Å². The molecule has 0 saturated heterocycles. The molecule has 0 unspecified atom stereocenters. The van der Waals surface area contributed by atoms with Crippen LogP contribution in [0.4, 0.5) is 20.2 Å². The maximum atomic E-state index is 13.2. The predicted octanol–water partition coefficient (Wildman–Crippen LogP) is 3.91. The molecule has 2 aromatic carbocycles. The summed E-state index contributed by atoms with van der Waals surface area (Å²) in [5, 5.41) is 4.92. The van der Waals surface area contributed by atoms with Crippen LogP contribution >= 0.6 is 0 Å². The van der Waals surface area contributed by atoms with Crippen molar-refractivity contribution >= 4 is 29.2 Å². The fraction of sp³-hybridized carbons (Fsp3) is 0.0952. The zero-order valence-corrected chi connectivity index (χ0v) is 15.7. The van der Waals surface area contributed by atoms with E-state index < -0.39 is 36.0 Å². The van der Waals surface area contributed by atoms with E-state index in [0.717, 1.165) is 12.1 Å². The largest absolute Gasteiger partial charge is 0.459 e. The Balaban J connectivity index is 1.60. The minimum absolute atomic E-state index is 0.0215. The molecule has 2 amide bonds. The molecule has 3 rings (SSSR count). The van der Waals surface area contributed by atoms with Gasteiger partial charge in [-0.3, -0.25) is 9.59 Å². The molecule has 0 bridgehead atoms. The number of carbonyl (C=O) groups is 3. The van der Waals surface area contributed by atoms with E-state index in [1.807, 2.05) is 0 Å². The Morgan fingerprint density at radius 3 is 2.50 bits per heavy atom. The molecule has 0 aliphatic rings. The normalized spacial score (nSPS) is 10.4. The standard InChI is InChI=1S/C21H16F2N2O5/c1-12-4-5-13(9-17(12)25-20(27)18-3-2-8-29-18)21(28)30-11-19(26)24-14-6-7-15(22)16(23)10-14/h2-10H,11H2,1H3,(H,24,26)(H,25,27). The van der Waals surface area contributed by atoms with E-state index >= 15 is 0 Å². The molecule has 0 radical (unpaired) electrons. The number of furan rings is 1. The molecule has 154 valence electrons. The van der Waals surface area contributed by atoms with Gasteiger partial charge in [-0.25, -0.2) is 13.6 Å². The van der Waals surface area contributed by atoms with Crippen LogP contribution in [0.15, 0.2) is 59.2 Å². The summed E-state index contributed by atoms with van der Waals surface area (Å²) in [5.41, 5.74) is 1.20. The predicted molar refractivity (Wildman–Crippen MR) is 103 cm³/mol. The molecule has 1 heterocycles. The van der Waals surface area contributed by atoms with Gasteiger partial charge in [-0.05, 0) is 48.9 Å². The Hall–Kier alpha value is -4.01. The molecule has 1 aromatic heterocycles. The second kappa shape index (κ2) is 8.99. The van der Waals surface area contributed by atoms with Crippen LogP contribution in [-0.4, -0.2) is 24.4 Å². The summed E-state index contributed by atoms with van der Waals surface area (Å²) < 4.78 is 36.0. The quantitative estimate of drug-likeness (QED) is 0.596. The van der Waals surface area contributed by atoms with E-state index in [4.69, 9.17) is 9.15 Å². The third kappa shape index (κ3) is 5.07. The van der Waals surface area contributed by atoms with Gasteiger partial charge in [-0.2, -0.15) is 0 Å². The number of amides is 2. The van der Waals surface area contributed by atoms with Crippen molar-refractivity contribution < 1.29 is 32.3 Å². The molecule has 3 aromatic rings. The lowest BCUT2D eigenvalue weighted by Gasteiger charge is -2.10. The molecule has 0 aliphatic heterocycles. The number of hydrogen-bond acceptors (Lipinski definition) is 5. The SMILES string of the molecule is Cc1ccc(C(=O)OCC(=O)Nc2ccc(F)c(F)c2)cc1NC(=O)c1ccco1. The number of benzene rings is 2. The fourth-order valence-electron chi connectivity index (χ4n) is 2.46. The van der Waals surface area contributed by atoms with Gasteiger partial charge < -0.3 is 19.8 Å². The van der Waals surface area contributed by atoms with Gasteiger partial charge in [-0.1, -0.05) is 6.07 Å². The Labute approximate surface area is 169 Å². The molecule has 9 heteroatoms. The number of halogens is 2. The molecule has 0 atom stereocenters. The van der Waals surface area contributed by atoms with E-state index in [1.165, 1.54) is 30.5 Å². The van der Waals surface area contributed by atoms with Gasteiger partial charge in [0.25, 0.3) is 11.8 Å². The van der Waals surface area contributed by atoms with Crippen molar-refractivity contribution in [2.75, 3.05) is 17.2 Å². The van der Waals surface area contributed by atoms with Crippen molar-refractivity contribution in [3.63, 3.8) is 0 Å². The van der Waals surface area contributed by atoms with Gasteiger partial charge in [0.1, 0.15) is 0 Å². The summed E-state index contributed by atoms with van der Waals surface area (Å²) in [4.78, 5) is 36.2. The van der Waals surface area contributed by atoms with E-state index in [-0.39, 0.29) is 17.0 Å². The summed E-state index contributed by atoms with van der Waals surface area (Å²) >= 11 is 0. The van der Waals surface area contributed by atoms with Crippen molar-refractivity contribution in [3.8, 4) is 0 Å². The first kappa shape index (κ1) is 20.7. The van der Waals surface area contributed by atoms with Gasteiger partial charge in [0.15, 0.2) is 24.0 Å². The van der Waals surface area contributed by atoms with E-state index in [1.54, 1.807) is 19.1 Å². The minimum Gasteiger partial charge on any atom is -0.459 e. The highest BCUT2D eigenvalue weighted by Gasteiger charge is 2.15. The lowest BCUT2D eigenvalue weighted by molar-refractivity contribution is -0.119. The van der Waals surface area contributed by atoms with Gasteiger partial charge in [-0.15, -0.1) is 0 Å². The highest BCUT2D eigenvalue weighted by Crippen LogP contribution is 2.19. The second-order valence-electron chi connectivity index (χ2n) is 6.21. The third-order valence-corrected chi connectivity index (χ3v) is 4.00. The maximum Gasteiger partial charge on any atom is 0.338 e. The number of hydrogen-bond donors (Lipinski definition) is 2. The zero-order chi connectivity index (χ0) is 21.7. The molecular weight excluding hydrogens is 398 g/mol. The van der Waals surface area contributed by atoms with Crippen LogP contribution in [0.25, 0.3) is 0 Å². The number of anilines is 2. The second-order valence-corrected chi connectivity index (χ2v) is 6.21. The number of carbonyl (C=O) groups excluding carboxylic acids is 3. The molecule has 0 spiro atoms. The van der Waals surface area contributed by atoms with Gasteiger partial charge >= 0.3 is 5.97 Å². The Morgan fingerprint density at radius 2 is 1.80 bits per heavy atom. The first-order chi connectivity index (χ1) is 14.3. The van der Waals surface area contributed by atoms with Crippen LogP contribution in [-0.2, 0) is 9.53 Å². The Morgan fingerprint density at radius 1 is 1.00 bits per heavy atom. The van der Waals surface area contributed by atoms with Crippen LogP contribution in [0.3, 0.4) is 0 Å². The number of aryl methyl sites for hydroxylation is 1. The molecule has 0 fully saturated rings. The summed E-state index contributed by atoms with van der Waals surface area (Å²) in [6.07, 6.45) is 1.36. The zero-order valence-electron chi connectivity index (χ0n) is 15.7. The van der Waals surface area contributed by atoms with Crippen molar-refractivity contribution in [2.24, 2.45) is 0 Å². The minimum atomic E-state index is -1.12. The molecule has 30 heavy (non-hydrogen) atoms. The first-order valence-electron chi connectivity index (χ1n) is 8.71. The Kier molecular flexibility index (Phi) is 6.21. The highest BCUT2D eigenvalue weighted by atomic mass is 19.2. The molecule has 0 saturated carbocycles. The van der Waals surface area contributed by atoms with Gasteiger partial charge in [0.05, 0.1) is 11.8 Å². The average molecular weight is 414 g/mol. The molecule has 7 nitrogen and oxygen atoms in total.